The summed E-state index contributed by atoms with van der Waals surface area (Å²) in [5.74, 6) is -0.532. The quantitative estimate of drug-likeness (QED) is 0.868. The van der Waals surface area contributed by atoms with Gasteiger partial charge < -0.3 is 10.4 Å². The van der Waals surface area contributed by atoms with Crippen LogP contribution in [0.15, 0.2) is 24.5 Å². The number of pyridine rings is 1. The number of nitrogens with zero attached hydrogens (tertiary/aromatic N) is 2. The van der Waals surface area contributed by atoms with Crippen molar-refractivity contribution in [2.24, 2.45) is 0 Å². The van der Waals surface area contributed by atoms with E-state index < -0.39 is 12.0 Å². The molecule has 0 bridgehead atoms. The first-order valence-corrected chi connectivity index (χ1v) is 6.94. The van der Waals surface area contributed by atoms with Crippen LogP contribution in [0.3, 0.4) is 0 Å². The molecule has 0 aromatic carbocycles. The van der Waals surface area contributed by atoms with Gasteiger partial charge >= 0.3 is 12.0 Å². The van der Waals surface area contributed by atoms with Crippen molar-refractivity contribution in [1.29, 1.82) is 0 Å². The van der Waals surface area contributed by atoms with Crippen LogP contribution in [0.1, 0.15) is 12.5 Å². The van der Waals surface area contributed by atoms with Gasteiger partial charge in [-0.1, -0.05) is 0 Å². The summed E-state index contributed by atoms with van der Waals surface area (Å²) in [5.41, 5.74) is 0.926. The summed E-state index contributed by atoms with van der Waals surface area (Å²) >= 11 is 1.47. The maximum absolute atomic E-state index is 12.1. The highest BCUT2D eigenvalue weighted by Gasteiger charge is 2.39. The summed E-state index contributed by atoms with van der Waals surface area (Å²) in [7, 11) is 0. The van der Waals surface area contributed by atoms with Gasteiger partial charge in [0.2, 0.25) is 0 Å². The van der Waals surface area contributed by atoms with Crippen molar-refractivity contribution < 1.29 is 14.7 Å². The molecule has 7 heteroatoms. The first-order chi connectivity index (χ1) is 9.09. The second-order valence-electron chi connectivity index (χ2n) is 4.21. The molecule has 2 heterocycles. The Kier molecular flexibility index (Phi) is 4.26. The van der Waals surface area contributed by atoms with E-state index in [9.17, 15) is 9.59 Å². The molecule has 0 saturated carbocycles. The molecule has 2 amide bonds. The molecule has 0 radical (unpaired) electrons. The molecule has 102 valence electrons. The second kappa shape index (κ2) is 5.92. The summed E-state index contributed by atoms with van der Waals surface area (Å²) in [6, 6.07) is 2.51. The van der Waals surface area contributed by atoms with Crippen molar-refractivity contribution in [3.8, 4) is 0 Å². The highest BCUT2D eigenvalue weighted by Crippen LogP contribution is 2.28. The van der Waals surface area contributed by atoms with Gasteiger partial charge in [0.05, 0.1) is 5.37 Å². The number of urea groups is 1. The van der Waals surface area contributed by atoms with Gasteiger partial charge in [0.15, 0.2) is 0 Å². The van der Waals surface area contributed by atoms with Gasteiger partial charge in [0.25, 0.3) is 0 Å². The molecule has 1 saturated heterocycles. The van der Waals surface area contributed by atoms with Crippen molar-refractivity contribution in [2.45, 2.75) is 24.9 Å². The van der Waals surface area contributed by atoms with E-state index in [1.165, 1.54) is 16.7 Å². The van der Waals surface area contributed by atoms with Gasteiger partial charge in [-0.3, -0.25) is 9.88 Å². The van der Waals surface area contributed by atoms with Gasteiger partial charge in [-0.2, -0.15) is 0 Å². The molecular weight excluding hydrogens is 266 g/mol. The number of hydrogen-bond donors (Lipinski definition) is 2. The number of aromatic nitrogens is 1. The van der Waals surface area contributed by atoms with Crippen LogP contribution in [0.5, 0.6) is 0 Å². The topological polar surface area (TPSA) is 82.5 Å². The number of nitrogens with one attached hydrogen (secondary N) is 1. The molecule has 1 aliphatic rings. The van der Waals surface area contributed by atoms with E-state index in [4.69, 9.17) is 5.11 Å². The number of carbonyl (C=O) groups excluding carboxylic acids is 1. The van der Waals surface area contributed by atoms with Crippen LogP contribution in [-0.4, -0.2) is 44.2 Å². The van der Waals surface area contributed by atoms with E-state index in [2.05, 4.69) is 10.3 Å². The van der Waals surface area contributed by atoms with Crippen LogP contribution in [0, 0.1) is 0 Å². The zero-order valence-corrected chi connectivity index (χ0v) is 11.3. The number of aliphatic carboxylic acids is 1. The smallest absolute Gasteiger partial charge is 0.327 e. The zero-order valence-electron chi connectivity index (χ0n) is 10.4. The normalized spacial score (nSPS) is 22.3. The van der Waals surface area contributed by atoms with Gasteiger partial charge in [-0.15, -0.1) is 11.8 Å². The standard InChI is InChI=1S/C12H15N3O3S/c1-8-15(10(7-19-8)11(16)17)12(18)14-6-9-2-4-13-5-3-9/h2-5,8,10H,6-7H2,1H3,(H,14,18)(H,16,17). The molecule has 0 spiro atoms. The average Bonchev–Trinajstić information content (AvgIpc) is 2.79. The van der Waals surface area contributed by atoms with Gasteiger partial charge in [0.1, 0.15) is 6.04 Å². The average molecular weight is 281 g/mol. The Morgan fingerprint density at radius 3 is 2.84 bits per heavy atom. The Morgan fingerprint density at radius 2 is 2.21 bits per heavy atom. The van der Waals surface area contributed by atoms with E-state index in [0.717, 1.165) is 5.56 Å². The van der Waals surface area contributed by atoms with E-state index in [-0.39, 0.29) is 11.4 Å². The van der Waals surface area contributed by atoms with E-state index in [1.807, 2.05) is 6.92 Å². The van der Waals surface area contributed by atoms with Crippen LogP contribution < -0.4 is 5.32 Å². The lowest BCUT2D eigenvalue weighted by atomic mass is 10.2. The predicted octanol–water partition coefficient (Wildman–Crippen LogP) is 1.14. The third-order valence-corrected chi connectivity index (χ3v) is 4.15. The summed E-state index contributed by atoms with van der Waals surface area (Å²) in [6.45, 7) is 2.20. The van der Waals surface area contributed by atoms with Crippen molar-refractivity contribution in [2.75, 3.05) is 5.75 Å². The lowest BCUT2D eigenvalue weighted by Crippen LogP contribution is -2.49. The Morgan fingerprint density at radius 1 is 1.53 bits per heavy atom. The first kappa shape index (κ1) is 13.7. The van der Waals surface area contributed by atoms with Crippen molar-refractivity contribution in [3.05, 3.63) is 30.1 Å². The molecule has 2 atom stereocenters. The highest BCUT2D eigenvalue weighted by atomic mass is 32.2. The molecule has 1 aromatic heterocycles. The molecule has 2 rings (SSSR count). The number of thioether (sulfide) groups is 1. The number of carboxylic acids is 1. The Hall–Kier alpha value is -1.76. The van der Waals surface area contributed by atoms with Crippen LogP contribution in [-0.2, 0) is 11.3 Å². The number of amides is 2. The Bertz CT molecular complexity index is 469. The third kappa shape index (κ3) is 3.17. The first-order valence-electron chi connectivity index (χ1n) is 5.89. The number of carbonyl (C=O) groups is 2. The van der Waals surface area contributed by atoms with Crippen LogP contribution in [0.4, 0.5) is 4.79 Å². The second-order valence-corrected chi connectivity index (χ2v) is 5.56. The SMILES string of the molecule is CC1SCC(C(=O)O)N1C(=O)NCc1ccncc1. The fraction of sp³-hybridized carbons (Fsp3) is 0.417. The fourth-order valence-electron chi connectivity index (χ4n) is 1.91. The summed E-state index contributed by atoms with van der Waals surface area (Å²) in [5, 5.41) is 11.7. The Balaban J connectivity index is 1.97. The predicted molar refractivity (Wildman–Crippen MR) is 71.7 cm³/mol. The summed E-state index contributed by atoms with van der Waals surface area (Å²) in [6.07, 6.45) is 3.30. The van der Waals surface area contributed by atoms with Crippen molar-refractivity contribution in [1.82, 2.24) is 15.2 Å². The molecule has 2 unspecified atom stereocenters. The van der Waals surface area contributed by atoms with Crippen LogP contribution in [0.2, 0.25) is 0 Å². The minimum Gasteiger partial charge on any atom is -0.480 e. The Labute approximate surface area is 115 Å². The van der Waals surface area contributed by atoms with Crippen molar-refractivity contribution in [3.63, 3.8) is 0 Å². The number of rotatable bonds is 3. The largest absolute Gasteiger partial charge is 0.480 e. The molecule has 1 aliphatic heterocycles. The summed E-state index contributed by atoms with van der Waals surface area (Å²) in [4.78, 5) is 28.4. The van der Waals surface area contributed by atoms with Crippen molar-refractivity contribution >= 4 is 23.8 Å². The van der Waals surface area contributed by atoms with Gasteiger partial charge in [-0.05, 0) is 24.6 Å². The zero-order chi connectivity index (χ0) is 13.8. The lowest BCUT2D eigenvalue weighted by molar-refractivity contribution is -0.141. The van der Waals surface area contributed by atoms with Crippen LogP contribution >= 0.6 is 11.8 Å². The van der Waals surface area contributed by atoms with E-state index in [1.54, 1.807) is 24.5 Å². The maximum Gasteiger partial charge on any atom is 0.327 e. The molecular formula is C12H15N3O3S. The molecule has 6 nitrogen and oxygen atoms in total. The molecule has 0 aliphatic carbocycles. The molecule has 1 fully saturated rings. The third-order valence-electron chi connectivity index (χ3n) is 2.94. The van der Waals surface area contributed by atoms with Gasteiger partial charge in [0, 0.05) is 24.7 Å². The number of hydrogen-bond acceptors (Lipinski definition) is 4. The maximum atomic E-state index is 12.1. The van der Waals surface area contributed by atoms with E-state index in [0.29, 0.717) is 12.3 Å². The summed E-state index contributed by atoms with van der Waals surface area (Å²) < 4.78 is 0. The fourth-order valence-corrected chi connectivity index (χ4v) is 3.08. The lowest BCUT2D eigenvalue weighted by Gasteiger charge is -2.25. The van der Waals surface area contributed by atoms with Crippen LogP contribution in [0.25, 0.3) is 0 Å². The monoisotopic (exact) mass is 281 g/mol. The molecule has 1 aromatic rings. The number of carboxylic acid groups (broad SMARTS) is 1. The molecule has 19 heavy (non-hydrogen) atoms. The van der Waals surface area contributed by atoms with Gasteiger partial charge in [-0.25, -0.2) is 9.59 Å². The highest BCUT2D eigenvalue weighted by molar-refractivity contribution is 8.00. The molecule has 2 N–H and O–H groups in total. The van der Waals surface area contributed by atoms with E-state index >= 15 is 0 Å². The minimum absolute atomic E-state index is 0.126. The minimum atomic E-state index is -0.962.